The summed E-state index contributed by atoms with van der Waals surface area (Å²) in [6.07, 6.45) is 4.94. The summed E-state index contributed by atoms with van der Waals surface area (Å²) >= 11 is 3.32. The quantitative estimate of drug-likeness (QED) is 0.0651. The van der Waals surface area contributed by atoms with Crippen molar-refractivity contribution in [3.05, 3.63) is 66.0 Å². The minimum Gasteiger partial charge on any atom is -0.496 e. The Balaban J connectivity index is 1.56. The number of azo groups is 1. The van der Waals surface area contributed by atoms with Gasteiger partial charge >= 0.3 is 0 Å². The number of methoxy groups -OCH3 is 1. The number of hydrogen-bond donors (Lipinski definition) is 1. The van der Waals surface area contributed by atoms with Crippen LogP contribution in [0.4, 0.5) is 11.4 Å². The lowest BCUT2D eigenvalue weighted by Crippen LogP contribution is -2.04. The minimum absolute atomic E-state index is 0.171. The van der Waals surface area contributed by atoms with E-state index in [0.29, 0.717) is 40.1 Å². The van der Waals surface area contributed by atoms with E-state index in [0.717, 1.165) is 53.1 Å². The molecule has 3 aromatic carbocycles. The van der Waals surface area contributed by atoms with Crippen molar-refractivity contribution < 1.29 is 17.7 Å². The molecule has 12 heteroatoms. The number of thioether (sulfide) groups is 2. The molecule has 0 aliphatic rings. The number of unbranched alkanes of at least 4 members (excludes halogenated alkanes) is 2. The van der Waals surface area contributed by atoms with Gasteiger partial charge in [0.25, 0.3) is 10.1 Å². The fourth-order valence-corrected chi connectivity index (χ4v) is 6.58. The largest absolute Gasteiger partial charge is 0.496 e. The van der Waals surface area contributed by atoms with E-state index in [4.69, 9.17) is 14.7 Å². The van der Waals surface area contributed by atoms with E-state index in [1.807, 2.05) is 12.1 Å². The van der Waals surface area contributed by atoms with Crippen LogP contribution in [-0.4, -0.2) is 46.5 Å². The highest BCUT2D eigenvalue weighted by Gasteiger charge is 2.15. The fourth-order valence-electron chi connectivity index (χ4n) is 3.95. The summed E-state index contributed by atoms with van der Waals surface area (Å²) in [6, 6.07) is 15.3. The third-order valence-electron chi connectivity index (χ3n) is 6.10. The van der Waals surface area contributed by atoms with Gasteiger partial charge in [0.15, 0.2) is 10.3 Å². The highest BCUT2D eigenvalue weighted by molar-refractivity contribution is 7.99. The maximum atomic E-state index is 11.8. The molecule has 1 aromatic heterocycles. The van der Waals surface area contributed by atoms with Crippen molar-refractivity contribution in [2.45, 2.75) is 61.2 Å². The summed E-state index contributed by atoms with van der Waals surface area (Å²) in [5, 5.41) is 11.2. The number of nitrogens with zero attached hydrogens (tertiary/aromatic N) is 5. The van der Waals surface area contributed by atoms with Crippen LogP contribution < -0.4 is 4.74 Å². The predicted octanol–water partition coefficient (Wildman–Crippen LogP) is 8.07. The van der Waals surface area contributed by atoms with E-state index in [9.17, 15) is 13.0 Å². The van der Waals surface area contributed by atoms with Gasteiger partial charge < -0.3 is 4.74 Å². The summed E-state index contributed by atoms with van der Waals surface area (Å²) in [4.78, 5) is 13.9. The molecule has 0 aliphatic heterocycles. The monoisotopic (exact) mass is 611 g/mol. The number of ether oxygens (including phenoxy) is 1. The van der Waals surface area contributed by atoms with E-state index < -0.39 is 10.1 Å². The molecule has 4 aromatic rings. The highest BCUT2D eigenvalue weighted by Crippen LogP contribution is 2.31. The second-order valence-electron chi connectivity index (χ2n) is 9.23. The van der Waals surface area contributed by atoms with E-state index >= 15 is 0 Å². The molecule has 0 amide bonds. The molecule has 0 aliphatic carbocycles. The third-order valence-corrected chi connectivity index (χ3v) is 8.88. The average molecular weight is 612 g/mol. The lowest BCUT2D eigenvalue weighted by molar-refractivity contribution is 0.410. The van der Waals surface area contributed by atoms with Crippen molar-refractivity contribution >= 4 is 55.8 Å². The van der Waals surface area contributed by atoms with Gasteiger partial charge in [0, 0.05) is 34.9 Å². The smallest absolute Gasteiger partial charge is 0.295 e. The van der Waals surface area contributed by atoms with Crippen molar-refractivity contribution in [1.82, 2.24) is 15.0 Å². The maximum Gasteiger partial charge on any atom is 0.295 e. The first-order valence-electron chi connectivity index (χ1n) is 13.4. The predicted molar refractivity (Wildman–Crippen MR) is 165 cm³/mol. The Bertz CT molecular complexity index is 1600. The Morgan fingerprint density at radius 1 is 0.854 bits per heavy atom. The topological polar surface area (TPSA) is 127 Å². The van der Waals surface area contributed by atoms with E-state index in [1.54, 1.807) is 67.0 Å². The minimum atomic E-state index is -4.38. The normalized spacial score (nSPS) is 11.9. The summed E-state index contributed by atoms with van der Waals surface area (Å²) in [7, 11) is -2.77. The van der Waals surface area contributed by atoms with Crippen molar-refractivity contribution in [2.75, 3.05) is 18.6 Å². The van der Waals surface area contributed by atoms with Crippen molar-refractivity contribution in [3.8, 4) is 5.75 Å². The summed E-state index contributed by atoms with van der Waals surface area (Å²) in [6.45, 7) is 4.34. The fraction of sp³-hybridized carbons (Fsp3) is 0.345. The second kappa shape index (κ2) is 14.7. The van der Waals surface area contributed by atoms with Gasteiger partial charge in [0.2, 0.25) is 0 Å². The van der Waals surface area contributed by atoms with Crippen LogP contribution in [0.15, 0.2) is 80.0 Å². The van der Waals surface area contributed by atoms with Gasteiger partial charge in [-0.3, -0.25) is 4.55 Å². The van der Waals surface area contributed by atoms with Gasteiger partial charge in [-0.2, -0.15) is 23.6 Å². The van der Waals surface area contributed by atoms with Gasteiger partial charge in [0.1, 0.15) is 16.5 Å². The number of benzene rings is 3. The molecular weight excluding hydrogens is 579 g/mol. The highest BCUT2D eigenvalue weighted by atomic mass is 32.2. The molecule has 0 bridgehead atoms. The molecule has 0 radical (unpaired) electrons. The van der Waals surface area contributed by atoms with Crippen LogP contribution in [-0.2, 0) is 16.5 Å². The van der Waals surface area contributed by atoms with Gasteiger partial charge in [0.05, 0.1) is 18.5 Å². The zero-order valence-electron chi connectivity index (χ0n) is 23.3. The summed E-state index contributed by atoms with van der Waals surface area (Å²) < 4.78 is 38.9. The van der Waals surface area contributed by atoms with Crippen LogP contribution in [0.1, 0.15) is 50.9 Å². The van der Waals surface area contributed by atoms with Gasteiger partial charge in [-0.25, -0.2) is 9.97 Å². The standard InChI is InChI=1S/C29H33N5O4S3/c1-4-6-15-39-28-30-27(31-29(32-28)40-16-7-5-2)17-21-12-14-23(19-25(21)38-3)34-33-22-13-11-20-9-8-10-26(24(20)18-22)41(35,36)37/h8-14,18-19H,4-7,15-17H2,1-3H3,(H,35,36,37). The van der Waals surface area contributed by atoms with Crippen molar-refractivity contribution in [2.24, 2.45) is 10.2 Å². The number of aromatic nitrogens is 3. The zero-order valence-corrected chi connectivity index (χ0v) is 25.7. The van der Waals surface area contributed by atoms with Crippen LogP contribution in [0, 0.1) is 0 Å². The third kappa shape index (κ3) is 8.71. The lowest BCUT2D eigenvalue weighted by Gasteiger charge is -2.10. The van der Waals surface area contributed by atoms with Crippen LogP contribution in [0.2, 0.25) is 0 Å². The van der Waals surface area contributed by atoms with E-state index in [2.05, 4.69) is 29.1 Å². The SMILES string of the molecule is CCCCSc1nc(Cc2ccc(N=Nc3ccc4cccc(S(=O)(=O)O)c4c3)cc2OC)nc(SCCCC)n1. The molecule has 1 N–H and O–H groups in total. The first-order valence-corrected chi connectivity index (χ1v) is 16.8. The number of fused-ring (bicyclic) bond motifs is 1. The van der Waals surface area contributed by atoms with Crippen LogP contribution in [0.3, 0.4) is 0 Å². The molecule has 9 nitrogen and oxygen atoms in total. The Hall–Kier alpha value is -3.06. The first kappa shape index (κ1) is 30.9. The Morgan fingerprint density at radius 2 is 1.49 bits per heavy atom. The molecule has 0 atom stereocenters. The van der Waals surface area contributed by atoms with Crippen LogP contribution >= 0.6 is 23.5 Å². The summed E-state index contributed by atoms with van der Waals surface area (Å²) in [5.41, 5.74) is 1.93. The van der Waals surface area contributed by atoms with Gasteiger partial charge in [-0.1, -0.05) is 74.5 Å². The lowest BCUT2D eigenvalue weighted by atomic mass is 10.1. The molecule has 0 saturated heterocycles. The molecule has 216 valence electrons. The average Bonchev–Trinajstić information content (AvgIpc) is 2.96. The molecular formula is C29H33N5O4S3. The van der Waals surface area contributed by atoms with E-state index in [-0.39, 0.29) is 4.90 Å². The molecule has 0 unspecified atom stereocenters. The van der Waals surface area contributed by atoms with Gasteiger partial charge in [-0.15, -0.1) is 0 Å². The molecule has 4 rings (SSSR count). The Kier molecular flexibility index (Phi) is 11.1. The molecule has 1 heterocycles. The molecule has 0 saturated carbocycles. The molecule has 41 heavy (non-hydrogen) atoms. The van der Waals surface area contributed by atoms with Crippen molar-refractivity contribution in [1.29, 1.82) is 0 Å². The maximum absolute atomic E-state index is 11.8. The van der Waals surface area contributed by atoms with Crippen LogP contribution in [0.5, 0.6) is 5.75 Å². The van der Waals surface area contributed by atoms with Gasteiger partial charge in [-0.05, 0) is 42.5 Å². The number of hydrogen-bond acceptors (Lipinski definition) is 10. The molecule has 0 spiro atoms. The van der Waals surface area contributed by atoms with E-state index in [1.165, 1.54) is 6.07 Å². The van der Waals surface area contributed by atoms with Crippen molar-refractivity contribution in [3.63, 3.8) is 0 Å². The Labute approximate surface area is 249 Å². The number of rotatable bonds is 14. The first-order chi connectivity index (χ1) is 19.8. The van der Waals surface area contributed by atoms with Crippen LogP contribution in [0.25, 0.3) is 10.8 Å². The second-order valence-corrected chi connectivity index (χ2v) is 12.7. The molecule has 0 fully saturated rings. The Morgan fingerprint density at radius 3 is 2.10 bits per heavy atom. The zero-order chi connectivity index (χ0) is 29.2. The summed E-state index contributed by atoms with van der Waals surface area (Å²) in [5.74, 6) is 3.26.